The monoisotopic (exact) mass is 184 g/mol. The lowest BCUT2D eigenvalue weighted by atomic mass is 10.1. The highest BCUT2D eigenvalue weighted by atomic mass is 16.5. The lowest BCUT2D eigenvalue weighted by Crippen LogP contribution is -1.87. The first-order valence-corrected chi connectivity index (χ1v) is 4.18. The molecule has 68 valence electrons. The number of aromatic nitrogens is 1. The van der Waals surface area contributed by atoms with Crippen molar-refractivity contribution in [2.75, 3.05) is 7.11 Å². The van der Waals surface area contributed by atoms with Crippen molar-refractivity contribution in [2.45, 2.75) is 0 Å². The summed E-state index contributed by atoms with van der Waals surface area (Å²) in [4.78, 5) is 4.18. The molecule has 2 aromatic rings. The molecule has 3 nitrogen and oxygen atoms in total. The van der Waals surface area contributed by atoms with Crippen molar-refractivity contribution in [1.82, 2.24) is 4.98 Å². The average molecular weight is 184 g/mol. The minimum absolute atomic E-state index is 0.615. The van der Waals surface area contributed by atoms with Gasteiger partial charge in [0.1, 0.15) is 5.75 Å². The summed E-state index contributed by atoms with van der Waals surface area (Å²) in [5.41, 5.74) is 1.45. The van der Waals surface area contributed by atoms with Crippen molar-refractivity contribution >= 4 is 10.9 Å². The van der Waals surface area contributed by atoms with Crippen LogP contribution in [0.5, 0.6) is 5.75 Å². The van der Waals surface area contributed by atoms with Gasteiger partial charge in [-0.1, -0.05) is 0 Å². The fourth-order valence-electron chi connectivity index (χ4n) is 1.37. The molecule has 0 amide bonds. The van der Waals surface area contributed by atoms with E-state index in [1.165, 1.54) is 0 Å². The number of methoxy groups -OCH3 is 1. The minimum Gasteiger partial charge on any atom is -0.496 e. The highest BCUT2D eigenvalue weighted by Gasteiger charge is 2.02. The van der Waals surface area contributed by atoms with Gasteiger partial charge in [-0.25, -0.2) is 0 Å². The Morgan fingerprint density at radius 3 is 2.93 bits per heavy atom. The Kier molecular flexibility index (Phi) is 2.04. The number of nitriles is 1. The zero-order chi connectivity index (χ0) is 9.97. The molecule has 0 N–H and O–H groups in total. The summed E-state index contributed by atoms with van der Waals surface area (Å²) in [6.45, 7) is 0. The van der Waals surface area contributed by atoms with Crippen molar-refractivity contribution in [1.29, 1.82) is 5.26 Å². The molecule has 0 bridgehead atoms. The van der Waals surface area contributed by atoms with Crippen LogP contribution in [0.1, 0.15) is 5.56 Å². The van der Waals surface area contributed by atoms with Gasteiger partial charge in [0, 0.05) is 11.6 Å². The van der Waals surface area contributed by atoms with Gasteiger partial charge in [0.2, 0.25) is 0 Å². The SMILES string of the molecule is COc1ccnc2ccc(C#N)cc12. The quantitative estimate of drug-likeness (QED) is 0.681. The Morgan fingerprint density at radius 2 is 2.21 bits per heavy atom. The molecule has 0 saturated carbocycles. The van der Waals surface area contributed by atoms with E-state index < -0.39 is 0 Å². The van der Waals surface area contributed by atoms with Crippen LogP contribution in [0.2, 0.25) is 0 Å². The lowest BCUT2D eigenvalue weighted by Gasteiger charge is -2.03. The van der Waals surface area contributed by atoms with E-state index in [2.05, 4.69) is 11.1 Å². The van der Waals surface area contributed by atoms with Crippen molar-refractivity contribution < 1.29 is 4.74 Å². The number of fused-ring (bicyclic) bond motifs is 1. The molecule has 2 rings (SSSR count). The molecule has 0 saturated heterocycles. The summed E-state index contributed by atoms with van der Waals surface area (Å²) in [6, 6.07) is 9.21. The zero-order valence-corrected chi connectivity index (χ0v) is 7.69. The van der Waals surface area contributed by atoms with Crippen LogP contribution in [0.4, 0.5) is 0 Å². The van der Waals surface area contributed by atoms with Gasteiger partial charge in [-0.3, -0.25) is 4.98 Å². The van der Waals surface area contributed by atoms with E-state index in [9.17, 15) is 0 Å². The second-order valence-electron chi connectivity index (χ2n) is 2.86. The Labute approximate surface area is 81.6 Å². The normalized spacial score (nSPS) is 9.71. The minimum atomic E-state index is 0.615. The first-order valence-electron chi connectivity index (χ1n) is 4.18. The van der Waals surface area contributed by atoms with E-state index >= 15 is 0 Å². The van der Waals surface area contributed by atoms with Gasteiger partial charge in [-0.05, 0) is 24.3 Å². The molecular formula is C11H8N2O. The molecule has 0 radical (unpaired) electrons. The molecule has 14 heavy (non-hydrogen) atoms. The molecule has 0 aliphatic carbocycles. The Balaban J connectivity index is 2.78. The molecule has 0 aliphatic rings. The Hall–Kier alpha value is -2.08. The van der Waals surface area contributed by atoms with E-state index in [0.29, 0.717) is 5.56 Å². The molecule has 1 aromatic heterocycles. The summed E-state index contributed by atoms with van der Waals surface area (Å²) < 4.78 is 5.18. The maximum atomic E-state index is 8.75. The highest BCUT2D eigenvalue weighted by Crippen LogP contribution is 2.23. The number of rotatable bonds is 1. The fourth-order valence-corrected chi connectivity index (χ4v) is 1.37. The van der Waals surface area contributed by atoms with Crippen LogP contribution in [-0.4, -0.2) is 12.1 Å². The molecule has 0 unspecified atom stereocenters. The van der Waals surface area contributed by atoms with E-state index in [0.717, 1.165) is 16.7 Å². The summed E-state index contributed by atoms with van der Waals surface area (Å²) in [6.07, 6.45) is 1.69. The number of hydrogen-bond donors (Lipinski definition) is 0. The van der Waals surface area contributed by atoms with Crippen LogP contribution in [0.25, 0.3) is 10.9 Å². The van der Waals surface area contributed by atoms with Crippen LogP contribution in [0.15, 0.2) is 30.5 Å². The summed E-state index contributed by atoms with van der Waals surface area (Å²) in [7, 11) is 1.60. The lowest BCUT2D eigenvalue weighted by molar-refractivity contribution is 0.419. The van der Waals surface area contributed by atoms with Crippen molar-refractivity contribution in [3.63, 3.8) is 0 Å². The van der Waals surface area contributed by atoms with Gasteiger partial charge in [0.05, 0.1) is 24.3 Å². The second-order valence-corrected chi connectivity index (χ2v) is 2.86. The van der Waals surface area contributed by atoms with Crippen molar-refractivity contribution in [3.05, 3.63) is 36.0 Å². The molecular weight excluding hydrogens is 176 g/mol. The average Bonchev–Trinajstić information content (AvgIpc) is 2.27. The molecule has 0 fully saturated rings. The maximum absolute atomic E-state index is 8.75. The summed E-state index contributed by atoms with van der Waals surface area (Å²) >= 11 is 0. The van der Waals surface area contributed by atoms with Crippen molar-refractivity contribution in [2.24, 2.45) is 0 Å². The van der Waals surface area contributed by atoms with Gasteiger partial charge < -0.3 is 4.74 Å². The maximum Gasteiger partial charge on any atom is 0.129 e. The van der Waals surface area contributed by atoms with Gasteiger partial charge in [0.15, 0.2) is 0 Å². The number of benzene rings is 1. The third-order valence-corrected chi connectivity index (χ3v) is 2.05. The molecule has 0 spiro atoms. The van der Waals surface area contributed by atoms with Crippen LogP contribution in [0.3, 0.4) is 0 Å². The zero-order valence-electron chi connectivity index (χ0n) is 7.69. The van der Waals surface area contributed by atoms with Crippen LogP contribution in [0, 0.1) is 11.3 Å². The number of hydrogen-bond acceptors (Lipinski definition) is 3. The third kappa shape index (κ3) is 1.27. The number of ether oxygens (including phenoxy) is 1. The predicted octanol–water partition coefficient (Wildman–Crippen LogP) is 2.12. The second kappa shape index (κ2) is 3.35. The standard InChI is InChI=1S/C11H8N2O/c1-14-11-4-5-13-10-3-2-8(7-12)6-9(10)11/h2-6H,1H3. The molecule has 1 heterocycles. The van der Waals surface area contributed by atoms with Gasteiger partial charge in [-0.15, -0.1) is 0 Å². The largest absolute Gasteiger partial charge is 0.496 e. The van der Waals surface area contributed by atoms with Crippen molar-refractivity contribution in [3.8, 4) is 11.8 Å². The van der Waals surface area contributed by atoms with Crippen LogP contribution >= 0.6 is 0 Å². The van der Waals surface area contributed by atoms with Gasteiger partial charge in [-0.2, -0.15) is 5.26 Å². The molecule has 3 heteroatoms. The first kappa shape index (κ1) is 8.52. The number of nitrogens with zero attached hydrogens (tertiary/aromatic N) is 2. The van der Waals surface area contributed by atoms with Crippen LogP contribution < -0.4 is 4.74 Å². The number of pyridine rings is 1. The first-order chi connectivity index (χ1) is 6.85. The smallest absolute Gasteiger partial charge is 0.129 e. The highest BCUT2D eigenvalue weighted by molar-refractivity contribution is 5.85. The Morgan fingerprint density at radius 1 is 1.36 bits per heavy atom. The van der Waals surface area contributed by atoms with Gasteiger partial charge >= 0.3 is 0 Å². The Bertz CT molecular complexity index is 514. The molecule has 0 atom stereocenters. The van der Waals surface area contributed by atoms with E-state index in [1.54, 1.807) is 31.5 Å². The molecule has 1 aromatic carbocycles. The van der Waals surface area contributed by atoms with Gasteiger partial charge in [0.25, 0.3) is 0 Å². The van der Waals surface area contributed by atoms with Crippen LogP contribution in [-0.2, 0) is 0 Å². The topological polar surface area (TPSA) is 45.9 Å². The molecule has 0 aliphatic heterocycles. The summed E-state index contributed by atoms with van der Waals surface area (Å²) in [5, 5.41) is 9.62. The van der Waals surface area contributed by atoms with E-state index in [1.807, 2.05) is 6.07 Å². The third-order valence-electron chi connectivity index (χ3n) is 2.05. The summed E-state index contributed by atoms with van der Waals surface area (Å²) in [5.74, 6) is 0.743. The van der Waals surface area contributed by atoms with E-state index in [4.69, 9.17) is 10.00 Å². The predicted molar refractivity (Wildman–Crippen MR) is 53.0 cm³/mol. The fraction of sp³-hybridized carbons (Fsp3) is 0.0909. The van der Waals surface area contributed by atoms with E-state index in [-0.39, 0.29) is 0 Å².